The van der Waals surface area contributed by atoms with Crippen molar-refractivity contribution in [1.82, 2.24) is 29.4 Å². The van der Waals surface area contributed by atoms with Crippen LogP contribution in [-0.4, -0.2) is 29.4 Å². The Morgan fingerprint density at radius 2 is 2.18 bits per heavy atom. The molecule has 0 saturated carbocycles. The van der Waals surface area contributed by atoms with Crippen LogP contribution in [0.1, 0.15) is 5.82 Å². The van der Waals surface area contributed by atoms with Gasteiger partial charge in [-0.3, -0.25) is 9.48 Å². The molecule has 86 valence electrons. The van der Waals surface area contributed by atoms with Crippen LogP contribution in [0.4, 0.5) is 0 Å². The highest BCUT2D eigenvalue weighted by molar-refractivity contribution is 5.55. The highest BCUT2D eigenvalue weighted by Crippen LogP contribution is 2.12. The van der Waals surface area contributed by atoms with E-state index in [-0.39, 0.29) is 5.56 Å². The van der Waals surface area contributed by atoms with Gasteiger partial charge in [-0.05, 0) is 13.0 Å². The number of H-pyrrole nitrogens is 1. The van der Waals surface area contributed by atoms with Crippen molar-refractivity contribution in [1.29, 1.82) is 0 Å². The SMILES string of the molecule is Cc1nc2[nH]c(-c3ccn(C)n3)cc(=O)n2n1. The molecule has 3 heterocycles. The number of hydrogen-bond acceptors (Lipinski definition) is 4. The van der Waals surface area contributed by atoms with Crippen LogP contribution in [0.25, 0.3) is 17.2 Å². The van der Waals surface area contributed by atoms with E-state index in [0.717, 1.165) is 0 Å². The first-order chi connectivity index (χ1) is 8.13. The number of rotatable bonds is 1. The number of aryl methyl sites for hydroxylation is 2. The van der Waals surface area contributed by atoms with Crippen molar-refractivity contribution in [3.63, 3.8) is 0 Å². The highest BCUT2D eigenvalue weighted by Gasteiger charge is 2.08. The second-order valence-corrected chi connectivity index (χ2v) is 3.79. The predicted octanol–water partition coefficient (Wildman–Crippen LogP) is 0.127. The number of nitrogens with zero attached hydrogens (tertiary/aromatic N) is 5. The molecule has 0 aromatic carbocycles. The Morgan fingerprint density at radius 1 is 1.35 bits per heavy atom. The zero-order chi connectivity index (χ0) is 12.0. The van der Waals surface area contributed by atoms with Gasteiger partial charge in [0.1, 0.15) is 11.5 Å². The minimum Gasteiger partial charge on any atom is -0.322 e. The molecule has 0 spiro atoms. The summed E-state index contributed by atoms with van der Waals surface area (Å²) in [5.74, 6) is 0.979. The molecule has 3 aromatic rings. The molecule has 0 aliphatic rings. The molecule has 3 aromatic heterocycles. The second kappa shape index (κ2) is 3.27. The molecule has 0 amide bonds. The van der Waals surface area contributed by atoms with E-state index in [2.05, 4.69) is 20.2 Å². The molecule has 17 heavy (non-hydrogen) atoms. The van der Waals surface area contributed by atoms with Crippen LogP contribution in [-0.2, 0) is 7.05 Å². The van der Waals surface area contributed by atoms with E-state index >= 15 is 0 Å². The molecule has 7 nitrogen and oxygen atoms in total. The van der Waals surface area contributed by atoms with Crippen LogP contribution in [0.2, 0.25) is 0 Å². The van der Waals surface area contributed by atoms with Gasteiger partial charge >= 0.3 is 0 Å². The average Bonchev–Trinajstić information content (AvgIpc) is 2.83. The summed E-state index contributed by atoms with van der Waals surface area (Å²) >= 11 is 0. The lowest BCUT2D eigenvalue weighted by Crippen LogP contribution is -2.14. The van der Waals surface area contributed by atoms with Gasteiger partial charge in [-0.25, -0.2) is 0 Å². The predicted molar refractivity (Wildman–Crippen MR) is 60.5 cm³/mol. The third-order valence-corrected chi connectivity index (χ3v) is 2.43. The molecule has 0 fully saturated rings. The molecule has 0 aliphatic carbocycles. The van der Waals surface area contributed by atoms with Crippen molar-refractivity contribution in [2.24, 2.45) is 7.05 Å². The Hall–Kier alpha value is -2.44. The lowest BCUT2D eigenvalue weighted by Gasteiger charge is -1.97. The number of nitrogens with one attached hydrogen (secondary N) is 1. The van der Waals surface area contributed by atoms with Crippen LogP contribution >= 0.6 is 0 Å². The van der Waals surface area contributed by atoms with Gasteiger partial charge in [-0.1, -0.05) is 0 Å². The van der Waals surface area contributed by atoms with E-state index in [9.17, 15) is 4.79 Å². The summed E-state index contributed by atoms with van der Waals surface area (Å²) in [6.07, 6.45) is 1.81. The number of hydrogen-bond donors (Lipinski definition) is 1. The standard InChI is InChI=1S/C10H10N6O/c1-6-11-10-12-8(5-9(17)16(10)13-6)7-3-4-15(2)14-7/h3-5H,1-2H3,(H,11,12,13). The molecule has 1 N–H and O–H groups in total. The summed E-state index contributed by atoms with van der Waals surface area (Å²) < 4.78 is 2.91. The fraction of sp³-hybridized carbons (Fsp3) is 0.200. The molecule has 7 heteroatoms. The van der Waals surface area contributed by atoms with Crippen molar-refractivity contribution in [2.45, 2.75) is 6.92 Å². The monoisotopic (exact) mass is 230 g/mol. The van der Waals surface area contributed by atoms with E-state index in [0.29, 0.717) is 23.0 Å². The van der Waals surface area contributed by atoms with Crippen molar-refractivity contribution in [3.8, 4) is 11.4 Å². The molecule has 3 rings (SSSR count). The number of fused-ring (bicyclic) bond motifs is 1. The zero-order valence-electron chi connectivity index (χ0n) is 9.38. The minimum atomic E-state index is -0.222. The summed E-state index contributed by atoms with van der Waals surface area (Å²) in [5, 5.41) is 8.21. The zero-order valence-corrected chi connectivity index (χ0v) is 9.38. The third kappa shape index (κ3) is 1.52. The van der Waals surface area contributed by atoms with Gasteiger partial charge in [0.25, 0.3) is 5.56 Å². The van der Waals surface area contributed by atoms with E-state index in [1.54, 1.807) is 11.6 Å². The van der Waals surface area contributed by atoms with Gasteiger partial charge in [-0.15, -0.1) is 5.10 Å². The summed E-state index contributed by atoms with van der Waals surface area (Å²) in [4.78, 5) is 19.0. The van der Waals surface area contributed by atoms with Gasteiger partial charge in [0.2, 0.25) is 5.78 Å². The summed E-state index contributed by atoms with van der Waals surface area (Å²) in [7, 11) is 1.82. The third-order valence-electron chi connectivity index (χ3n) is 2.43. The normalized spacial score (nSPS) is 11.2. The maximum atomic E-state index is 11.8. The Labute approximate surface area is 95.7 Å². The molecule has 0 saturated heterocycles. The van der Waals surface area contributed by atoms with Gasteiger partial charge in [0, 0.05) is 19.3 Å². The van der Waals surface area contributed by atoms with Crippen LogP contribution in [0, 0.1) is 6.92 Å². The van der Waals surface area contributed by atoms with Gasteiger partial charge in [-0.2, -0.15) is 14.6 Å². The fourth-order valence-electron chi connectivity index (χ4n) is 1.69. The highest BCUT2D eigenvalue weighted by atomic mass is 16.1. The van der Waals surface area contributed by atoms with Crippen molar-refractivity contribution >= 4 is 5.78 Å². The van der Waals surface area contributed by atoms with Crippen LogP contribution in [0.5, 0.6) is 0 Å². The van der Waals surface area contributed by atoms with Crippen molar-refractivity contribution < 1.29 is 0 Å². The lowest BCUT2D eigenvalue weighted by atomic mass is 10.3. The first kappa shape index (κ1) is 9.76. The Morgan fingerprint density at radius 3 is 2.88 bits per heavy atom. The van der Waals surface area contributed by atoms with Crippen molar-refractivity contribution in [2.75, 3.05) is 0 Å². The van der Waals surface area contributed by atoms with Gasteiger partial charge in [0.15, 0.2) is 0 Å². The average molecular weight is 230 g/mol. The van der Waals surface area contributed by atoms with Gasteiger partial charge < -0.3 is 4.98 Å². The summed E-state index contributed by atoms with van der Waals surface area (Å²) in [6, 6.07) is 3.29. The quantitative estimate of drug-likeness (QED) is 0.644. The topological polar surface area (TPSA) is 80.9 Å². The molecule has 0 radical (unpaired) electrons. The molecule has 0 bridgehead atoms. The fourth-order valence-corrected chi connectivity index (χ4v) is 1.69. The van der Waals surface area contributed by atoms with Crippen LogP contribution in [0.3, 0.4) is 0 Å². The first-order valence-corrected chi connectivity index (χ1v) is 5.10. The lowest BCUT2D eigenvalue weighted by molar-refractivity contribution is 0.769. The Balaban J connectivity index is 2.28. The maximum absolute atomic E-state index is 11.8. The Bertz CT molecular complexity index is 750. The second-order valence-electron chi connectivity index (χ2n) is 3.79. The molecule has 0 unspecified atom stereocenters. The van der Waals surface area contributed by atoms with Crippen molar-refractivity contribution in [3.05, 3.63) is 34.5 Å². The molecule has 0 atom stereocenters. The summed E-state index contributed by atoms with van der Waals surface area (Å²) in [5.41, 5.74) is 1.11. The molecule has 0 aliphatic heterocycles. The van der Waals surface area contributed by atoms with E-state index in [1.165, 1.54) is 10.6 Å². The van der Waals surface area contributed by atoms with E-state index in [4.69, 9.17) is 0 Å². The minimum absolute atomic E-state index is 0.222. The number of aromatic nitrogens is 6. The summed E-state index contributed by atoms with van der Waals surface area (Å²) in [6.45, 7) is 1.74. The molecular formula is C10H10N6O. The van der Waals surface area contributed by atoms with Crippen LogP contribution < -0.4 is 5.56 Å². The van der Waals surface area contributed by atoms with E-state index < -0.39 is 0 Å². The largest absolute Gasteiger partial charge is 0.322 e. The maximum Gasteiger partial charge on any atom is 0.276 e. The van der Waals surface area contributed by atoms with E-state index in [1.807, 2.05) is 19.3 Å². The number of aromatic amines is 1. The Kier molecular flexibility index (Phi) is 1.88. The van der Waals surface area contributed by atoms with Gasteiger partial charge in [0.05, 0.1) is 5.69 Å². The molecular weight excluding hydrogens is 220 g/mol. The van der Waals surface area contributed by atoms with Crippen LogP contribution in [0.15, 0.2) is 23.1 Å². The smallest absolute Gasteiger partial charge is 0.276 e. The first-order valence-electron chi connectivity index (χ1n) is 5.10.